The maximum atomic E-state index is 2.55. The molecule has 0 heterocycles. The molecule has 0 bridgehead atoms. The molecule has 0 spiro atoms. The Morgan fingerprint density at radius 3 is 1.67 bits per heavy atom. The predicted molar refractivity (Wildman–Crippen MR) is 76.1 cm³/mol. The Morgan fingerprint density at radius 1 is 0.778 bits per heavy atom. The van der Waals surface area contributed by atoms with E-state index in [1.165, 1.54) is 36.8 Å². The van der Waals surface area contributed by atoms with E-state index in [4.69, 9.17) is 0 Å². The Kier molecular flexibility index (Phi) is 2.24. The molecule has 4 atom stereocenters. The van der Waals surface area contributed by atoms with Crippen LogP contribution in [0.2, 0.25) is 0 Å². The highest BCUT2D eigenvalue weighted by molar-refractivity contribution is 5.41. The molecule has 0 N–H and O–H groups in total. The van der Waals surface area contributed by atoms with E-state index in [9.17, 15) is 0 Å². The van der Waals surface area contributed by atoms with E-state index in [2.05, 4.69) is 38.2 Å². The lowest BCUT2D eigenvalue weighted by Gasteiger charge is -2.50. The first kappa shape index (κ1) is 10.8. The third kappa shape index (κ3) is 1.44. The molecule has 0 saturated heterocycles. The Balaban J connectivity index is 1.80. The van der Waals surface area contributed by atoms with Crippen LogP contribution in [0.5, 0.6) is 0 Å². The quantitative estimate of drug-likeness (QED) is 0.568. The van der Waals surface area contributed by atoms with Gasteiger partial charge in [0, 0.05) is 0 Å². The summed E-state index contributed by atoms with van der Waals surface area (Å²) >= 11 is 0. The summed E-state index contributed by atoms with van der Waals surface area (Å²) < 4.78 is 0. The predicted octanol–water partition coefficient (Wildman–Crippen LogP) is 4.81. The fourth-order valence-electron chi connectivity index (χ4n) is 4.98. The van der Waals surface area contributed by atoms with Crippen LogP contribution in [0, 0.1) is 23.7 Å². The van der Waals surface area contributed by atoms with Crippen LogP contribution >= 0.6 is 0 Å². The van der Waals surface area contributed by atoms with Crippen molar-refractivity contribution in [2.75, 3.05) is 0 Å². The summed E-state index contributed by atoms with van der Waals surface area (Å²) in [4.78, 5) is 0. The molecule has 0 aliphatic heterocycles. The second-order valence-corrected chi connectivity index (χ2v) is 6.72. The van der Waals surface area contributed by atoms with Gasteiger partial charge in [0.1, 0.15) is 0 Å². The van der Waals surface area contributed by atoms with Crippen molar-refractivity contribution in [3.8, 4) is 0 Å². The minimum Gasteiger partial charge on any atom is -0.0779 e. The van der Waals surface area contributed by atoms with Crippen LogP contribution in [0.3, 0.4) is 0 Å². The lowest BCUT2D eigenvalue weighted by Crippen LogP contribution is -2.40. The highest BCUT2D eigenvalue weighted by Crippen LogP contribution is 2.55. The molecule has 0 aromatic carbocycles. The first-order valence-electron chi connectivity index (χ1n) is 7.50. The van der Waals surface area contributed by atoms with Crippen molar-refractivity contribution in [1.82, 2.24) is 0 Å². The standard InChI is InChI=1S/C18H22/c1-11-7-13-3-5-15-9-12(2)10-16-6-4-14(8-11)17(13)18(15)16/h7-10,13,15,17-18H,3-6H2,1-2H3. The lowest BCUT2D eigenvalue weighted by molar-refractivity contribution is 0.172. The molecule has 0 aromatic rings. The Morgan fingerprint density at radius 2 is 1.22 bits per heavy atom. The van der Waals surface area contributed by atoms with Gasteiger partial charge in [-0.25, -0.2) is 0 Å². The Labute approximate surface area is 110 Å². The number of allylic oxidation sites excluding steroid dienone is 8. The van der Waals surface area contributed by atoms with E-state index in [-0.39, 0.29) is 0 Å². The van der Waals surface area contributed by atoms with Crippen molar-refractivity contribution < 1.29 is 0 Å². The summed E-state index contributed by atoms with van der Waals surface area (Å²) in [5.74, 6) is 3.36. The van der Waals surface area contributed by atoms with E-state index in [0.717, 1.165) is 23.7 Å². The zero-order valence-electron chi connectivity index (χ0n) is 11.4. The number of hydrogen-bond donors (Lipinski definition) is 0. The normalized spacial score (nSPS) is 41.2. The van der Waals surface area contributed by atoms with Crippen molar-refractivity contribution in [3.63, 3.8) is 0 Å². The van der Waals surface area contributed by atoms with Crippen LogP contribution in [-0.4, -0.2) is 0 Å². The largest absolute Gasteiger partial charge is 0.0779 e. The molecule has 4 aliphatic carbocycles. The molecule has 18 heavy (non-hydrogen) atoms. The third-order valence-corrected chi connectivity index (χ3v) is 5.48. The molecule has 0 amide bonds. The molecule has 0 radical (unpaired) electrons. The first-order valence-corrected chi connectivity index (χ1v) is 7.50. The molecular formula is C18H22. The van der Waals surface area contributed by atoms with Crippen LogP contribution in [0.4, 0.5) is 0 Å². The molecule has 2 saturated carbocycles. The molecule has 4 unspecified atom stereocenters. The second-order valence-electron chi connectivity index (χ2n) is 6.72. The molecule has 2 fully saturated rings. The Hall–Kier alpha value is -1.04. The van der Waals surface area contributed by atoms with Gasteiger partial charge in [-0.15, -0.1) is 0 Å². The van der Waals surface area contributed by atoms with Crippen LogP contribution in [0.15, 0.2) is 46.6 Å². The lowest BCUT2D eigenvalue weighted by atomic mass is 9.54. The maximum absolute atomic E-state index is 2.55. The summed E-state index contributed by atoms with van der Waals surface area (Å²) in [6, 6.07) is 0. The fraction of sp³-hybridized carbons (Fsp3) is 0.556. The van der Waals surface area contributed by atoms with Crippen molar-refractivity contribution in [3.05, 3.63) is 46.6 Å². The highest BCUT2D eigenvalue weighted by atomic mass is 14.5. The average Bonchev–Trinajstić information content (AvgIpc) is 2.34. The maximum Gasteiger partial charge on any atom is -0.00653 e. The molecule has 4 rings (SSSR count). The molecule has 0 aromatic heterocycles. The monoisotopic (exact) mass is 238 g/mol. The SMILES string of the molecule is CC1=CC2CCC3C=C(C)C=C4CCC(=C1)C2C43. The van der Waals surface area contributed by atoms with Gasteiger partial charge in [0.05, 0.1) is 0 Å². The molecule has 4 aliphatic rings. The topological polar surface area (TPSA) is 0 Å². The first-order chi connectivity index (χ1) is 8.72. The molecule has 0 nitrogen and oxygen atoms in total. The summed E-state index contributed by atoms with van der Waals surface area (Å²) in [6.45, 7) is 4.57. The van der Waals surface area contributed by atoms with E-state index >= 15 is 0 Å². The van der Waals surface area contributed by atoms with Crippen molar-refractivity contribution in [2.24, 2.45) is 23.7 Å². The van der Waals surface area contributed by atoms with Crippen molar-refractivity contribution in [2.45, 2.75) is 39.5 Å². The van der Waals surface area contributed by atoms with Gasteiger partial charge in [-0.1, -0.05) is 46.6 Å². The minimum absolute atomic E-state index is 0.835. The van der Waals surface area contributed by atoms with Gasteiger partial charge in [-0.2, -0.15) is 0 Å². The third-order valence-electron chi connectivity index (χ3n) is 5.48. The van der Waals surface area contributed by atoms with Crippen molar-refractivity contribution in [1.29, 1.82) is 0 Å². The fourth-order valence-corrected chi connectivity index (χ4v) is 4.98. The van der Waals surface area contributed by atoms with Gasteiger partial charge in [0.2, 0.25) is 0 Å². The summed E-state index contributed by atoms with van der Waals surface area (Å²) in [6.07, 6.45) is 15.5. The minimum atomic E-state index is 0.835. The molecular weight excluding hydrogens is 216 g/mol. The van der Waals surface area contributed by atoms with E-state index < -0.39 is 0 Å². The summed E-state index contributed by atoms with van der Waals surface area (Å²) in [5, 5.41) is 0. The average molecular weight is 238 g/mol. The van der Waals surface area contributed by atoms with E-state index in [1.807, 2.05) is 0 Å². The second kappa shape index (κ2) is 3.73. The summed E-state index contributed by atoms with van der Waals surface area (Å²) in [5.41, 5.74) is 6.55. The van der Waals surface area contributed by atoms with Crippen molar-refractivity contribution >= 4 is 0 Å². The van der Waals surface area contributed by atoms with Crippen LogP contribution in [0.25, 0.3) is 0 Å². The van der Waals surface area contributed by atoms with Gasteiger partial charge in [0.15, 0.2) is 0 Å². The summed E-state index contributed by atoms with van der Waals surface area (Å²) in [7, 11) is 0. The smallest absolute Gasteiger partial charge is 0.00653 e. The van der Waals surface area contributed by atoms with Crippen LogP contribution < -0.4 is 0 Å². The van der Waals surface area contributed by atoms with Crippen LogP contribution in [0.1, 0.15) is 39.5 Å². The van der Waals surface area contributed by atoms with E-state index in [1.54, 1.807) is 11.1 Å². The van der Waals surface area contributed by atoms with Gasteiger partial charge in [-0.3, -0.25) is 0 Å². The van der Waals surface area contributed by atoms with Gasteiger partial charge in [0.25, 0.3) is 0 Å². The van der Waals surface area contributed by atoms with Gasteiger partial charge >= 0.3 is 0 Å². The Bertz CT molecular complexity index is 464. The number of rotatable bonds is 0. The van der Waals surface area contributed by atoms with Gasteiger partial charge in [-0.05, 0) is 63.2 Å². The van der Waals surface area contributed by atoms with Gasteiger partial charge < -0.3 is 0 Å². The number of hydrogen-bond acceptors (Lipinski definition) is 0. The van der Waals surface area contributed by atoms with E-state index in [0.29, 0.717) is 0 Å². The zero-order valence-corrected chi connectivity index (χ0v) is 11.4. The molecule has 94 valence electrons. The zero-order chi connectivity index (χ0) is 12.3. The highest BCUT2D eigenvalue weighted by Gasteiger charge is 2.45. The molecule has 0 heteroatoms. The van der Waals surface area contributed by atoms with Crippen LogP contribution in [-0.2, 0) is 0 Å².